The largest absolute Gasteiger partial charge is 0.504 e. The average molecular weight is 296 g/mol. The normalized spacial score (nSPS) is 10.6. The van der Waals surface area contributed by atoms with Gasteiger partial charge in [0, 0.05) is 13.1 Å². The van der Waals surface area contributed by atoms with Crippen LogP contribution in [0.1, 0.15) is 11.1 Å². The predicted molar refractivity (Wildman–Crippen MR) is 76.6 cm³/mol. The van der Waals surface area contributed by atoms with Gasteiger partial charge in [0.15, 0.2) is 11.5 Å². The van der Waals surface area contributed by atoms with Gasteiger partial charge in [-0.15, -0.1) is 0 Å². The Morgan fingerprint density at radius 3 is 2.45 bits per heavy atom. The molecule has 0 saturated carbocycles. The number of benzene rings is 2. The molecule has 5 heteroatoms. The fourth-order valence-electron chi connectivity index (χ4n) is 1.83. The fourth-order valence-corrected chi connectivity index (χ4v) is 2.04. The van der Waals surface area contributed by atoms with Crippen LogP contribution < -0.4 is 10.1 Å². The van der Waals surface area contributed by atoms with Crippen molar-refractivity contribution in [3.05, 3.63) is 58.4 Å². The van der Waals surface area contributed by atoms with Crippen molar-refractivity contribution in [2.24, 2.45) is 0 Å². The van der Waals surface area contributed by atoms with Gasteiger partial charge < -0.3 is 15.2 Å². The van der Waals surface area contributed by atoms with Gasteiger partial charge in [-0.25, -0.2) is 4.39 Å². The van der Waals surface area contributed by atoms with Crippen molar-refractivity contribution in [3.63, 3.8) is 0 Å². The number of aromatic hydroxyl groups is 1. The van der Waals surface area contributed by atoms with Crippen LogP contribution >= 0.6 is 11.6 Å². The average Bonchev–Trinajstić information content (AvgIpc) is 2.44. The van der Waals surface area contributed by atoms with Crippen molar-refractivity contribution in [2.75, 3.05) is 7.11 Å². The zero-order valence-corrected chi connectivity index (χ0v) is 11.7. The lowest BCUT2D eigenvalue weighted by atomic mass is 10.2. The number of methoxy groups -OCH3 is 1. The quantitative estimate of drug-likeness (QED) is 0.887. The van der Waals surface area contributed by atoms with Crippen LogP contribution in [0.3, 0.4) is 0 Å². The molecule has 0 atom stereocenters. The lowest BCUT2D eigenvalue weighted by molar-refractivity contribution is 0.373. The molecule has 3 nitrogen and oxygen atoms in total. The molecule has 0 saturated heterocycles. The second-order valence-corrected chi connectivity index (χ2v) is 4.77. The minimum absolute atomic E-state index is 0.113. The molecule has 0 aromatic heterocycles. The Morgan fingerprint density at radius 2 is 1.80 bits per heavy atom. The number of ether oxygens (including phenoxy) is 1. The lowest BCUT2D eigenvalue weighted by Gasteiger charge is -2.08. The van der Waals surface area contributed by atoms with Crippen LogP contribution in [0, 0.1) is 5.82 Å². The van der Waals surface area contributed by atoms with Crippen molar-refractivity contribution in [2.45, 2.75) is 13.1 Å². The molecule has 0 fully saturated rings. The smallest absolute Gasteiger partial charge is 0.160 e. The molecule has 0 heterocycles. The highest BCUT2D eigenvalue weighted by molar-refractivity contribution is 6.30. The molecule has 0 bridgehead atoms. The van der Waals surface area contributed by atoms with E-state index >= 15 is 0 Å². The molecule has 0 unspecified atom stereocenters. The van der Waals surface area contributed by atoms with E-state index in [0.717, 1.165) is 11.1 Å². The molecule has 0 aliphatic rings. The van der Waals surface area contributed by atoms with Gasteiger partial charge in [-0.2, -0.15) is 0 Å². The third-order valence-electron chi connectivity index (χ3n) is 2.89. The van der Waals surface area contributed by atoms with E-state index in [2.05, 4.69) is 5.32 Å². The number of phenols is 1. The zero-order chi connectivity index (χ0) is 14.5. The Hall–Kier alpha value is -1.78. The van der Waals surface area contributed by atoms with Gasteiger partial charge in [0.2, 0.25) is 0 Å². The zero-order valence-electron chi connectivity index (χ0n) is 11.0. The summed E-state index contributed by atoms with van der Waals surface area (Å²) in [4.78, 5) is 0. The molecule has 2 rings (SSSR count). The maximum atomic E-state index is 13.0. The maximum absolute atomic E-state index is 13.0. The van der Waals surface area contributed by atoms with Crippen LogP contribution in [0.15, 0.2) is 36.4 Å². The lowest BCUT2D eigenvalue weighted by Crippen LogP contribution is -2.12. The molecule has 2 aromatic rings. The number of hydrogen-bond acceptors (Lipinski definition) is 3. The van der Waals surface area contributed by atoms with E-state index in [-0.39, 0.29) is 10.8 Å². The van der Waals surface area contributed by atoms with Gasteiger partial charge >= 0.3 is 0 Å². The van der Waals surface area contributed by atoms with Crippen LogP contribution in [-0.4, -0.2) is 12.2 Å². The van der Waals surface area contributed by atoms with Gasteiger partial charge in [0.25, 0.3) is 0 Å². The fraction of sp³-hybridized carbons (Fsp3) is 0.200. The Morgan fingerprint density at radius 1 is 1.15 bits per heavy atom. The summed E-state index contributed by atoms with van der Waals surface area (Å²) in [5.41, 5.74) is 1.88. The van der Waals surface area contributed by atoms with Crippen molar-refractivity contribution in [3.8, 4) is 11.5 Å². The first kappa shape index (κ1) is 14.6. The summed E-state index contributed by atoms with van der Waals surface area (Å²) in [6.07, 6.45) is 0. The first-order valence-electron chi connectivity index (χ1n) is 6.10. The van der Waals surface area contributed by atoms with Gasteiger partial charge in [0.1, 0.15) is 5.82 Å². The van der Waals surface area contributed by atoms with Crippen molar-refractivity contribution >= 4 is 11.6 Å². The van der Waals surface area contributed by atoms with Crippen LogP contribution in [0.2, 0.25) is 5.02 Å². The van der Waals surface area contributed by atoms with E-state index < -0.39 is 5.82 Å². The second kappa shape index (κ2) is 6.59. The summed E-state index contributed by atoms with van der Waals surface area (Å²) in [5, 5.41) is 12.8. The second-order valence-electron chi connectivity index (χ2n) is 4.36. The SMILES string of the molecule is COc1cc(CNCc2ccc(F)c(Cl)c2)ccc1O. The summed E-state index contributed by atoms with van der Waals surface area (Å²) in [6, 6.07) is 9.79. The standard InChI is InChI=1S/C15H15ClFNO2/c1-20-15-7-11(3-5-14(15)19)9-18-8-10-2-4-13(17)12(16)6-10/h2-7,18-19H,8-9H2,1H3. The van der Waals surface area contributed by atoms with Gasteiger partial charge in [-0.05, 0) is 35.4 Å². The topological polar surface area (TPSA) is 41.5 Å². The van der Waals surface area contributed by atoms with Crippen LogP contribution in [0.4, 0.5) is 4.39 Å². The van der Waals surface area contributed by atoms with Crippen LogP contribution in [0.25, 0.3) is 0 Å². The molecular formula is C15H15ClFNO2. The van der Waals surface area contributed by atoms with Crippen LogP contribution in [-0.2, 0) is 13.1 Å². The number of halogens is 2. The van der Waals surface area contributed by atoms with E-state index in [0.29, 0.717) is 18.8 Å². The Balaban J connectivity index is 1.94. The monoisotopic (exact) mass is 295 g/mol. The molecule has 106 valence electrons. The Kier molecular flexibility index (Phi) is 4.82. The van der Waals surface area contributed by atoms with Gasteiger partial charge in [0.05, 0.1) is 12.1 Å². The molecule has 0 aliphatic heterocycles. The molecule has 0 amide bonds. The Bertz CT molecular complexity index is 604. The summed E-state index contributed by atoms with van der Waals surface area (Å²) in [7, 11) is 1.51. The van der Waals surface area contributed by atoms with E-state index in [1.807, 2.05) is 6.07 Å². The molecule has 2 N–H and O–H groups in total. The summed E-state index contributed by atoms with van der Waals surface area (Å²) < 4.78 is 18.1. The van der Waals surface area contributed by atoms with Gasteiger partial charge in [-0.3, -0.25) is 0 Å². The summed E-state index contributed by atoms with van der Waals surface area (Å²) in [5.74, 6) is 0.134. The Labute approximate surface area is 122 Å². The number of hydrogen-bond donors (Lipinski definition) is 2. The van der Waals surface area contributed by atoms with Crippen molar-refractivity contribution in [1.82, 2.24) is 5.32 Å². The van der Waals surface area contributed by atoms with Crippen LogP contribution in [0.5, 0.6) is 11.5 Å². The maximum Gasteiger partial charge on any atom is 0.160 e. The number of rotatable bonds is 5. The van der Waals surface area contributed by atoms with Crippen molar-refractivity contribution < 1.29 is 14.2 Å². The minimum atomic E-state index is -0.418. The van der Waals surface area contributed by atoms with Crippen molar-refractivity contribution in [1.29, 1.82) is 0 Å². The molecule has 0 spiro atoms. The number of nitrogens with one attached hydrogen (secondary N) is 1. The molecule has 0 aliphatic carbocycles. The molecular weight excluding hydrogens is 281 g/mol. The number of phenolic OH excluding ortho intramolecular Hbond substituents is 1. The highest BCUT2D eigenvalue weighted by atomic mass is 35.5. The van der Waals surface area contributed by atoms with E-state index in [9.17, 15) is 9.50 Å². The first-order valence-corrected chi connectivity index (χ1v) is 6.48. The van der Waals surface area contributed by atoms with E-state index in [1.54, 1.807) is 24.3 Å². The minimum Gasteiger partial charge on any atom is -0.504 e. The molecule has 20 heavy (non-hydrogen) atoms. The first-order chi connectivity index (χ1) is 9.60. The predicted octanol–water partition coefficient (Wildman–Crippen LogP) is 3.48. The molecule has 0 radical (unpaired) electrons. The highest BCUT2D eigenvalue weighted by Crippen LogP contribution is 2.26. The summed E-state index contributed by atoms with van der Waals surface area (Å²) >= 11 is 5.72. The van der Waals surface area contributed by atoms with E-state index in [4.69, 9.17) is 16.3 Å². The van der Waals surface area contributed by atoms with Gasteiger partial charge in [-0.1, -0.05) is 23.7 Å². The molecule has 2 aromatic carbocycles. The highest BCUT2D eigenvalue weighted by Gasteiger charge is 2.03. The third kappa shape index (κ3) is 3.62. The van der Waals surface area contributed by atoms with E-state index in [1.165, 1.54) is 13.2 Å². The summed E-state index contributed by atoms with van der Waals surface area (Å²) in [6.45, 7) is 1.18. The third-order valence-corrected chi connectivity index (χ3v) is 3.18.